The van der Waals surface area contributed by atoms with Gasteiger partial charge < -0.3 is 20.1 Å². The van der Waals surface area contributed by atoms with Gasteiger partial charge in [0.15, 0.2) is 0 Å². The van der Waals surface area contributed by atoms with Crippen LogP contribution < -0.4 is 5.32 Å². The Morgan fingerprint density at radius 1 is 1.47 bits per heavy atom. The fraction of sp³-hybridized carbons (Fsp3) is 0.846. The number of methoxy groups -OCH3 is 1. The van der Waals surface area contributed by atoms with Crippen LogP contribution in [0.2, 0.25) is 0 Å². The zero-order valence-electron chi connectivity index (χ0n) is 11.9. The summed E-state index contributed by atoms with van der Waals surface area (Å²) < 4.78 is 4.60. The maximum Gasteiger partial charge on any atom is 0.307 e. The van der Waals surface area contributed by atoms with Gasteiger partial charge in [0, 0.05) is 19.6 Å². The van der Waals surface area contributed by atoms with E-state index in [1.165, 1.54) is 7.11 Å². The van der Waals surface area contributed by atoms with Crippen molar-refractivity contribution in [1.82, 2.24) is 10.2 Å². The van der Waals surface area contributed by atoms with Crippen LogP contribution in [0.1, 0.15) is 26.7 Å². The molecule has 1 amide bonds. The average molecular weight is 272 g/mol. The summed E-state index contributed by atoms with van der Waals surface area (Å²) in [5.41, 5.74) is 0. The summed E-state index contributed by atoms with van der Waals surface area (Å²) in [5.74, 6) is -0.0388. The van der Waals surface area contributed by atoms with Gasteiger partial charge >= 0.3 is 5.97 Å². The number of carbonyl (C=O) groups excluding carboxylic acids is 2. The van der Waals surface area contributed by atoms with Crippen molar-refractivity contribution in [2.45, 2.75) is 38.8 Å². The number of aliphatic hydroxyl groups is 1. The highest BCUT2D eigenvalue weighted by atomic mass is 16.5. The van der Waals surface area contributed by atoms with E-state index in [0.29, 0.717) is 32.0 Å². The molecular weight excluding hydrogens is 248 g/mol. The molecule has 1 rings (SSSR count). The second kappa shape index (κ2) is 7.45. The minimum Gasteiger partial charge on any atom is -0.469 e. The number of nitrogens with zero attached hydrogens (tertiary/aromatic N) is 1. The molecule has 110 valence electrons. The molecule has 0 aromatic heterocycles. The Bertz CT molecular complexity index is 320. The molecular formula is C13H24N2O4. The summed E-state index contributed by atoms with van der Waals surface area (Å²) in [6.07, 6.45) is 0.172. The highest BCUT2D eigenvalue weighted by molar-refractivity contribution is 5.82. The summed E-state index contributed by atoms with van der Waals surface area (Å²) >= 11 is 0. The molecule has 0 spiro atoms. The van der Waals surface area contributed by atoms with Crippen LogP contribution in [0, 0.1) is 5.92 Å². The molecule has 0 bridgehead atoms. The van der Waals surface area contributed by atoms with Gasteiger partial charge in [-0.1, -0.05) is 13.8 Å². The molecule has 6 nitrogen and oxygen atoms in total. The van der Waals surface area contributed by atoms with E-state index < -0.39 is 6.10 Å². The largest absolute Gasteiger partial charge is 0.469 e. The molecule has 6 heteroatoms. The standard InChI is InChI=1S/C13H24N2O4/c1-9(2)8-15(5-4-12(17)19-3)13(18)11-6-10(16)7-14-11/h9-11,14,16H,4-8H2,1-3H3. The van der Waals surface area contributed by atoms with Gasteiger partial charge in [-0.15, -0.1) is 0 Å². The van der Waals surface area contributed by atoms with Gasteiger partial charge in [0.1, 0.15) is 0 Å². The Kier molecular flexibility index (Phi) is 6.24. The van der Waals surface area contributed by atoms with Crippen molar-refractivity contribution < 1.29 is 19.4 Å². The van der Waals surface area contributed by atoms with Crippen molar-refractivity contribution in [2.75, 3.05) is 26.7 Å². The molecule has 1 aliphatic heterocycles. The molecule has 1 heterocycles. The van der Waals surface area contributed by atoms with Crippen molar-refractivity contribution in [3.05, 3.63) is 0 Å². The predicted octanol–water partition coefficient (Wildman–Crippen LogP) is -0.243. The van der Waals surface area contributed by atoms with E-state index >= 15 is 0 Å². The van der Waals surface area contributed by atoms with Crippen molar-refractivity contribution in [2.24, 2.45) is 5.92 Å². The third kappa shape index (κ3) is 5.16. The van der Waals surface area contributed by atoms with Crippen LogP contribution in [0.3, 0.4) is 0 Å². The van der Waals surface area contributed by atoms with Crippen LogP contribution in [-0.4, -0.2) is 60.8 Å². The SMILES string of the molecule is COC(=O)CCN(CC(C)C)C(=O)C1CC(O)CN1. The van der Waals surface area contributed by atoms with Crippen molar-refractivity contribution in [3.8, 4) is 0 Å². The van der Waals surface area contributed by atoms with Crippen molar-refractivity contribution in [3.63, 3.8) is 0 Å². The maximum absolute atomic E-state index is 12.3. The molecule has 0 aromatic rings. The number of nitrogens with one attached hydrogen (secondary N) is 1. The Balaban J connectivity index is 2.56. The molecule has 0 radical (unpaired) electrons. The molecule has 1 aliphatic rings. The molecule has 2 unspecified atom stereocenters. The topological polar surface area (TPSA) is 78.9 Å². The van der Waals surface area contributed by atoms with Crippen LogP contribution >= 0.6 is 0 Å². The zero-order valence-corrected chi connectivity index (χ0v) is 11.9. The summed E-state index contributed by atoms with van der Waals surface area (Å²) in [5, 5.41) is 12.5. The van der Waals surface area contributed by atoms with Gasteiger partial charge in [0.25, 0.3) is 0 Å². The Hall–Kier alpha value is -1.14. The zero-order chi connectivity index (χ0) is 14.4. The molecule has 2 atom stereocenters. The van der Waals surface area contributed by atoms with Gasteiger partial charge in [-0.2, -0.15) is 0 Å². The third-order valence-corrected chi connectivity index (χ3v) is 3.12. The van der Waals surface area contributed by atoms with Gasteiger partial charge in [0.2, 0.25) is 5.91 Å². The molecule has 1 saturated heterocycles. The Labute approximate surface area is 114 Å². The van der Waals surface area contributed by atoms with Gasteiger partial charge in [-0.3, -0.25) is 9.59 Å². The number of hydrogen-bond acceptors (Lipinski definition) is 5. The van der Waals surface area contributed by atoms with E-state index in [1.54, 1.807) is 4.90 Å². The second-order valence-corrected chi connectivity index (χ2v) is 5.35. The first kappa shape index (κ1) is 15.9. The first-order valence-corrected chi connectivity index (χ1v) is 6.71. The lowest BCUT2D eigenvalue weighted by Crippen LogP contribution is -2.45. The number of aliphatic hydroxyl groups excluding tert-OH is 1. The highest BCUT2D eigenvalue weighted by Gasteiger charge is 2.31. The lowest BCUT2D eigenvalue weighted by Gasteiger charge is -2.27. The maximum atomic E-state index is 12.3. The number of ether oxygens (including phenoxy) is 1. The lowest BCUT2D eigenvalue weighted by molar-refractivity contribution is -0.142. The fourth-order valence-electron chi connectivity index (χ4n) is 2.19. The number of esters is 1. The van der Waals surface area contributed by atoms with E-state index in [2.05, 4.69) is 10.1 Å². The summed E-state index contributed by atoms with van der Waals surface area (Å²) in [6, 6.07) is -0.341. The van der Waals surface area contributed by atoms with Gasteiger partial charge in [-0.05, 0) is 12.3 Å². The second-order valence-electron chi connectivity index (χ2n) is 5.35. The number of amides is 1. The smallest absolute Gasteiger partial charge is 0.307 e. The molecule has 1 fully saturated rings. The number of β-amino-alcohol motifs (C(OH)–C–C–N with tert-alkyl or cyclic N) is 1. The monoisotopic (exact) mass is 272 g/mol. The predicted molar refractivity (Wildman–Crippen MR) is 70.5 cm³/mol. The van der Waals surface area contributed by atoms with Crippen molar-refractivity contribution >= 4 is 11.9 Å². The lowest BCUT2D eigenvalue weighted by atomic mass is 10.1. The van der Waals surface area contributed by atoms with E-state index in [-0.39, 0.29) is 24.3 Å². The summed E-state index contributed by atoms with van der Waals surface area (Å²) in [7, 11) is 1.34. The summed E-state index contributed by atoms with van der Waals surface area (Å²) in [6.45, 7) is 5.45. The minimum atomic E-state index is -0.463. The first-order valence-electron chi connectivity index (χ1n) is 6.71. The minimum absolute atomic E-state index is 0.0471. The normalized spacial score (nSPS) is 22.6. The van der Waals surface area contributed by atoms with Crippen LogP contribution in [-0.2, 0) is 14.3 Å². The number of carbonyl (C=O) groups is 2. The number of hydrogen-bond donors (Lipinski definition) is 2. The van der Waals surface area contributed by atoms with Crippen molar-refractivity contribution in [1.29, 1.82) is 0 Å². The molecule has 0 aromatic carbocycles. The quantitative estimate of drug-likeness (QED) is 0.652. The van der Waals surface area contributed by atoms with E-state index in [9.17, 15) is 14.7 Å². The third-order valence-electron chi connectivity index (χ3n) is 3.12. The Morgan fingerprint density at radius 3 is 2.63 bits per heavy atom. The van der Waals surface area contributed by atoms with Gasteiger partial charge in [0.05, 0.1) is 25.7 Å². The van der Waals surface area contributed by atoms with E-state index in [1.807, 2.05) is 13.8 Å². The molecule has 19 heavy (non-hydrogen) atoms. The van der Waals surface area contributed by atoms with Gasteiger partial charge in [-0.25, -0.2) is 0 Å². The molecule has 0 aliphatic carbocycles. The average Bonchev–Trinajstić information content (AvgIpc) is 2.79. The van der Waals surface area contributed by atoms with E-state index in [0.717, 1.165) is 0 Å². The van der Waals surface area contributed by atoms with Crippen LogP contribution in [0.5, 0.6) is 0 Å². The number of rotatable bonds is 6. The van der Waals surface area contributed by atoms with Crippen LogP contribution in [0.4, 0.5) is 0 Å². The molecule has 0 saturated carbocycles. The fourth-order valence-corrected chi connectivity index (χ4v) is 2.19. The van der Waals surface area contributed by atoms with E-state index in [4.69, 9.17) is 0 Å². The van der Waals surface area contributed by atoms with Crippen LogP contribution in [0.15, 0.2) is 0 Å². The highest BCUT2D eigenvalue weighted by Crippen LogP contribution is 2.11. The Morgan fingerprint density at radius 2 is 2.16 bits per heavy atom. The first-order chi connectivity index (χ1) is 8.93. The van der Waals surface area contributed by atoms with Crippen LogP contribution in [0.25, 0.3) is 0 Å². The summed E-state index contributed by atoms with van der Waals surface area (Å²) in [4.78, 5) is 25.2. The molecule has 2 N–H and O–H groups in total.